The van der Waals surface area contributed by atoms with Crippen molar-refractivity contribution in [3.05, 3.63) is 40.5 Å². The largest absolute Gasteiger partial charge is 0.380 e. The van der Waals surface area contributed by atoms with Crippen LogP contribution in [0.5, 0.6) is 0 Å². The molecule has 31 heavy (non-hydrogen) atoms. The number of nitrogens with zero attached hydrogens (tertiary/aromatic N) is 4. The molecular weight excluding hydrogens is 416 g/mol. The monoisotopic (exact) mass is 450 g/mol. The van der Waals surface area contributed by atoms with Crippen LogP contribution in [-0.4, -0.2) is 55.1 Å². The minimum Gasteiger partial charge on any atom is -0.380 e. The summed E-state index contributed by atoms with van der Waals surface area (Å²) in [6, 6.07) is -6.66. The Balaban J connectivity index is 4.94. The van der Waals surface area contributed by atoms with Gasteiger partial charge in [0.25, 0.3) is 12.1 Å². The number of rotatable bonds is 19. The van der Waals surface area contributed by atoms with Crippen molar-refractivity contribution in [2.45, 2.75) is 115 Å². The Bertz CT molecular complexity index is 590. The minimum absolute atomic E-state index is 0.0629. The van der Waals surface area contributed by atoms with Crippen molar-refractivity contribution in [3.63, 3.8) is 0 Å². The molecule has 0 aromatic heterocycles. The Morgan fingerprint density at radius 1 is 0.677 bits per heavy atom. The predicted octanol–water partition coefficient (Wildman–Crippen LogP) is 3.26. The summed E-state index contributed by atoms with van der Waals surface area (Å²) in [5.74, 6) is 0. The third-order valence-corrected chi connectivity index (χ3v) is 5.48. The van der Waals surface area contributed by atoms with Gasteiger partial charge in [-0.05, 0) is 6.42 Å². The zero-order valence-electron chi connectivity index (χ0n) is 18.2. The van der Waals surface area contributed by atoms with Crippen LogP contribution in [0.2, 0.25) is 0 Å². The van der Waals surface area contributed by atoms with Gasteiger partial charge in [-0.15, -0.1) is 0 Å². The predicted molar refractivity (Wildman–Crippen MR) is 111 cm³/mol. The van der Waals surface area contributed by atoms with E-state index in [-0.39, 0.29) is 6.42 Å². The van der Waals surface area contributed by atoms with Gasteiger partial charge in [0.05, 0.1) is 12.8 Å². The fourth-order valence-corrected chi connectivity index (χ4v) is 3.49. The van der Waals surface area contributed by atoms with Crippen molar-refractivity contribution in [3.8, 4) is 0 Å². The first-order valence-corrected chi connectivity index (χ1v) is 10.7. The van der Waals surface area contributed by atoms with Gasteiger partial charge >= 0.3 is 0 Å². The van der Waals surface area contributed by atoms with Crippen molar-refractivity contribution in [1.82, 2.24) is 0 Å². The van der Waals surface area contributed by atoms with E-state index >= 15 is 0 Å². The molecule has 0 radical (unpaired) electrons. The molecule has 5 atom stereocenters. The standard InChI is InChI=1S/C18H34N4O9/c1-3-4-5-6-7-8-9-10-11-15(20(26)27)13-17(22(30)31)18(23)16(21(28)29)12-14(2)19(24)25/h14-18,23H,3-13H2,1-2H3. The Labute approximate surface area is 180 Å². The van der Waals surface area contributed by atoms with Gasteiger partial charge in [-0.25, -0.2) is 0 Å². The van der Waals surface area contributed by atoms with Crippen LogP contribution in [0.15, 0.2) is 0 Å². The molecule has 13 nitrogen and oxygen atoms in total. The van der Waals surface area contributed by atoms with E-state index in [4.69, 9.17) is 0 Å². The minimum atomic E-state index is -2.17. The fraction of sp³-hybridized carbons (Fsp3) is 1.00. The van der Waals surface area contributed by atoms with Gasteiger partial charge in [-0.1, -0.05) is 51.9 Å². The Morgan fingerprint density at radius 2 is 1.13 bits per heavy atom. The number of hydrogen-bond acceptors (Lipinski definition) is 9. The lowest BCUT2D eigenvalue weighted by Gasteiger charge is -2.21. The van der Waals surface area contributed by atoms with Crippen LogP contribution in [0.25, 0.3) is 0 Å². The number of hydrogen-bond donors (Lipinski definition) is 1. The topological polar surface area (TPSA) is 193 Å². The van der Waals surface area contributed by atoms with E-state index in [1.807, 2.05) is 0 Å². The molecule has 5 unspecified atom stereocenters. The molecule has 1 N–H and O–H groups in total. The average Bonchev–Trinajstić information content (AvgIpc) is 2.68. The van der Waals surface area contributed by atoms with Gasteiger partial charge in [-0.3, -0.25) is 40.5 Å². The summed E-state index contributed by atoms with van der Waals surface area (Å²) in [7, 11) is 0. The lowest BCUT2D eigenvalue weighted by atomic mass is 9.92. The van der Waals surface area contributed by atoms with Gasteiger partial charge in [0.1, 0.15) is 0 Å². The maximum absolute atomic E-state index is 11.4. The second kappa shape index (κ2) is 15.4. The molecule has 180 valence electrons. The summed E-state index contributed by atoms with van der Waals surface area (Å²) < 4.78 is 0. The molecule has 0 heterocycles. The SMILES string of the molecule is CCCCCCCCCCC(CC(C(O)C(CC(C)[N+](=O)[O-])[N+](=O)[O-])[N+](=O)[O-])[N+](=O)[O-]. The summed E-state index contributed by atoms with van der Waals surface area (Å²) in [5.41, 5.74) is 0. The molecule has 0 aromatic rings. The lowest BCUT2D eigenvalue weighted by molar-refractivity contribution is -0.599. The fourth-order valence-electron chi connectivity index (χ4n) is 3.49. The summed E-state index contributed by atoms with van der Waals surface area (Å²) in [6.45, 7) is 3.20. The number of nitro groups is 4. The molecule has 0 saturated heterocycles. The van der Waals surface area contributed by atoms with E-state index in [1.54, 1.807) is 0 Å². The molecule has 0 aliphatic rings. The highest BCUT2D eigenvalue weighted by atomic mass is 16.6. The van der Waals surface area contributed by atoms with Crippen molar-refractivity contribution < 1.29 is 24.8 Å². The molecule has 13 heteroatoms. The van der Waals surface area contributed by atoms with Gasteiger partial charge in [0.15, 0.2) is 6.10 Å². The summed E-state index contributed by atoms with van der Waals surface area (Å²) in [6.07, 6.45) is 4.17. The summed E-state index contributed by atoms with van der Waals surface area (Å²) in [5, 5.41) is 55.1. The normalized spacial score (nSPS) is 16.1. The molecule has 0 aliphatic carbocycles. The first-order valence-electron chi connectivity index (χ1n) is 10.7. The van der Waals surface area contributed by atoms with E-state index in [0.717, 1.165) is 45.4 Å². The third kappa shape index (κ3) is 11.5. The van der Waals surface area contributed by atoms with Gasteiger partial charge in [-0.2, -0.15) is 0 Å². The van der Waals surface area contributed by atoms with Crippen LogP contribution in [0.1, 0.15) is 84.5 Å². The molecule has 0 bridgehead atoms. The van der Waals surface area contributed by atoms with E-state index in [0.29, 0.717) is 6.42 Å². The van der Waals surface area contributed by atoms with Crippen LogP contribution in [-0.2, 0) is 0 Å². The Morgan fingerprint density at radius 3 is 1.55 bits per heavy atom. The van der Waals surface area contributed by atoms with Gasteiger partial charge < -0.3 is 5.11 Å². The first-order chi connectivity index (χ1) is 14.5. The van der Waals surface area contributed by atoms with Gasteiger partial charge in [0, 0.05) is 33.0 Å². The smallest absolute Gasteiger partial charge is 0.251 e. The Hall–Kier alpha value is -2.44. The Kier molecular flexibility index (Phi) is 14.2. The van der Waals surface area contributed by atoms with E-state index < -0.39 is 62.8 Å². The molecule has 0 aliphatic heterocycles. The summed E-state index contributed by atoms with van der Waals surface area (Å²) in [4.78, 5) is 41.4. The average molecular weight is 450 g/mol. The number of unbranched alkanes of at least 4 members (excludes halogenated alkanes) is 7. The zero-order chi connectivity index (χ0) is 24.0. The van der Waals surface area contributed by atoms with Crippen LogP contribution < -0.4 is 0 Å². The maximum Gasteiger partial charge on any atom is 0.251 e. The highest BCUT2D eigenvalue weighted by molar-refractivity contribution is 4.80. The van der Waals surface area contributed by atoms with E-state index in [9.17, 15) is 45.6 Å². The van der Waals surface area contributed by atoms with Crippen LogP contribution >= 0.6 is 0 Å². The highest BCUT2D eigenvalue weighted by Gasteiger charge is 2.47. The molecule has 0 spiro atoms. The molecule has 0 amide bonds. The van der Waals surface area contributed by atoms with Crippen molar-refractivity contribution >= 4 is 0 Å². The van der Waals surface area contributed by atoms with Crippen LogP contribution in [0, 0.1) is 40.5 Å². The van der Waals surface area contributed by atoms with Crippen LogP contribution in [0.3, 0.4) is 0 Å². The zero-order valence-corrected chi connectivity index (χ0v) is 18.2. The van der Waals surface area contributed by atoms with Crippen LogP contribution in [0.4, 0.5) is 0 Å². The van der Waals surface area contributed by atoms with E-state index in [2.05, 4.69) is 6.92 Å². The molecule has 0 saturated carbocycles. The molecule has 0 aromatic carbocycles. The quantitative estimate of drug-likeness (QED) is 0.174. The third-order valence-electron chi connectivity index (χ3n) is 5.48. The van der Waals surface area contributed by atoms with Crippen molar-refractivity contribution in [2.75, 3.05) is 0 Å². The second-order valence-corrected chi connectivity index (χ2v) is 8.00. The second-order valence-electron chi connectivity index (χ2n) is 8.00. The van der Waals surface area contributed by atoms with Crippen molar-refractivity contribution in [1.29, 1.82) is 0 Å². The van der Waals surface area contributed by atoms with E-state index in [1.165, 1.54) is 6.42 Å². The molecule has 0 fully saturated rings. The number of aliphatic hydroxyl groups is 1. The molecular formula is C18H34N4O9. The van der Waals surface area contributed by atoms with Gasteiger partial charge in [0.2, 0.25) is 12.1 Å². The number of aliphatic hydroxyl groups excluding tert-OH is 1. The maximum atomic E-state index is 11.4. The summed E-state index contributed by atoms with van der Waals surface area (Å²) >= 11 is 0. The first kappa shape index (κ1) is 28.6. The van der Waals surface area contributed by atoms with Crippen molar-refractivity contribution in [2.24, 2.45) is 0 Å². The highest BCUT2D eigenvalue weighted by Crippen LogP contribution is 2.21. The molecule has 0 rings (SSSR count). The lowest BCUT2D eigenvalue weighted by Crippen LogP contribution is -2.49.